The van der Waals surface area contributed by atoms with E-state index in [0.29, 0.717) is 6.42 Å². The van der Waals surface area contributed by atoms with E-state index in [-0.39, 0.29) is 29.8 Å². The lowest BCUT2D eigenvalue weighted by Gasteiger charge is -2.43. The van der Waals surface area contributed by atoms with Gasteiger partial charge in [-0.05, 0) is 48.1 Å². The average Bonchev–Trinajstić information content (AvgIpc) is 2.92. The Labute approximate surface area is 130 Å². The first kappa shape index (κ1) is 16.0. The number of carbonyl (C=O) groups excluding carboxylic acids is 2. The van der Waals surface area contributed by atoms with Gasteiger partial charge in [0.15, 0.2) is 0 Å². The molecule has 1 saturated heterocycles. The average molecular weight is 308 g/mol. The SMILES string of the molecule is CCC1C(=O)NC(C(C)C)C(=O)N1C(C)Cc1ccsc1. The molecule has 21 heavy (non-hydrogen) atoms. The molecule has 116 valence electrons. The van der Waals surface area contributed by atoms with Gasteiger partial charge in [0.2, 0.25) is 11.8 Å². The molecule has 1 aliphatic rings. The number of rotatable bonds is 5. The second kappa shape index (κ2) is 6.60. The number of carbonyl (C=O) groups is 2. The number of thiophene rings is 1. The topological polar surface area (TPSA) is 49.4 Å². The summed E-state index contributed by atoms with van der Waals surface area (Å²) in [6.07, 6.45) is 1.44. The number of hydrogen-bond acceptors (Lipinski definition) is 3. The minimum Gasteiger partial charge on any atom is -0.342 e. The van der Waals surface area contributed by atoms with E-state index >= 15 is 0 Å². The van der Waals surface area contributed by atoms with Crippen molar-refractivity contribution in [3.63, 3.8) is 0 Å². The van der Waals surface area contributed by atoms with E-state index in [2.05, 4.69) is 16.8 Å². The van der Waals surface area contributed by atoms with Crippen molar-refractivity contribution >= 4 is 23.2 Å². The normalized spacial score (nSPS) is 24.3. The summed E-state index contributed by atoms with van der Waals surface area (Å²) in [6, 6.07) is 1.37. The number of nitrogens with one attached hydrogen (secondary N) is 1. The third kappa shape index (κ3) is 3.28. The molecule has 1 fully saturated rings. The molecule has 1 aromatic heterocycles. The maximum Gasteiger partial charge on any atom is 0.246 e. The Morgan fingerprint density at radius 3 is 2.57 bits per heavy atom. The second-order valence-corrected chi connectivity index (χ2v) is 6.86. The summed E-state index contributed by atoms with van der Waals surface area (Å²) in [5.41, 5.74) is 1.22. The number of hydrogen-bond donors (Lipinski definition) is 1. The van der Waals surface area contributed by atoms with E-state index in [1.807, 2.05) is 33.1 Å². The van der Waals surface area contributed by atoms with Crippen molar-refractivity contribution < 1.29 is 9.59 Å². The van der Waals surface area contributed by atoms with Crippen molar-refractivity contribution in [3.05, 3.63) is 22.4 Å². The summed E-state index contributed by atoms with van der Waals surface area (Å²) >= 11 is 1.66. The molecule has 5 heteroatoms. The zero-order chi connectivity index (χ0) is 15.6. The van der Waals surface area contributed by atoms with E-state index in [0.717, 1.165) is 6.42 Å². The zero-order valence-corrected chi connectivity index (χ0v) is 13.9. The van der Waals surface area contributed by atoms with Crippen LogP contribution in [0.15, 0.2) is 16.8 Å². The van der Waals surface area contributed by atoms with Crippen LogP contribution in [0.25, 0.3) is 0 Å². The van der Waals surface area contributed by atoms with Crippen molar-refractivity contribution in [1.82, 2.24) is 10.2 Å². The standard InChI is InChI=1S/C16H24N2O2S/c1-5-13-15(19)17-14(10(2)3)16(20)18(13)11(4)8-12-6-7-21-9-12/h6-7,9-11,13-14H,5,8H2,1-4H3,(H,17,19). The molecule has 0 aliphatic carbocycles. The molecule has 0 spiro atoms. The minimum atomic E-state index is -0.398. The number of piperazine rings is 1. The molecule has 0 radical (unpaired) electrons. The zero-order valence-electron chi connectivity index (χ0n) is 13.1. The highest BCUT2D eigenvalue weighted by molar-refractivity contribution is 7.07. The molecule has 2 rings (SSSR count). The van der Waals surface area contributed by atoms with Gasteiger partial charge in [-0.1, -0.05) is 20.8 Å². The molecule has 0 saturated carbocycles. The first-order valence-corrected chi connectivity index (χ1v) is 8.53. The van der Waals surface area contributed by atoms with E-state index < -0.39 is 6.04 Å². The maximum absolute atomic E-state index is 12.8. The van der Waals surface area contributed by atoms with Crippen LogP contribution in [0.4, 0.5) is 0 Å². The summed E-state index contributed by atoms with van der Waals surface area (Å²) in [5.74, 6) is 0.141. The smallest absolute Gasteiger partial charge is 0.246 e. The minimum absolute atomic E-state index is 0.0204. The maximum atomic E-state index is 12.8. The van der Waals surface area contributed by atoms with Crippen LogP contribution in [0.3, 0.4) is 0 Å². The Kier molecular flexibility index (Phi) is 5.04. The highest BCUT2D eigenvalue weighted by Crippen LogP contribution is 2.22. The predicted molar refractivity (Wildman–Crippen MR) is 85.2 cm³/mol. The highest BCUT2D eigenvalue weighted by atomic mass is 32.1. The molecule has 2 heterocycles. The Bertz CT molecular complexity index is 498. The van der Waals surface area contributed by atoms with Crippen molar-refractivity contribution in [2.24, 2.45) is 5.92 Å². The van der Waals surface area contributed by atoms with E-state index in [4.69, 9.17) is 0 Å². The van der Waals surface area contributed by atoms with Crippen molar-refractivity contribution in [2.45, 2.75) is 58.7 Å². The largest absolute Gasteiger partial charge is 0.342 e. The van der Waals surface area contributed by atoms with Gasteiger partial charge in [0.05, 0.1) is 0 Å². The molecule has 2 amide bonds. The van der Waals surface area contributed by atoms with Gasteiger partial charge in [0, 0.05) is 6.04 Å². The van der Waals surface area contributed by atoms with Crippen LogP contribution >= 0.6 is 11.3 Å². The lowest BCUT2D eigenvalue weighted by atomic mass is 9.94. The first-order valence-electron chi connectivity index (χ1n) is 7.59. The molecule has 1 N–H and O–H groups in total. The van der Waals surface area contributed by atoms with E-state index in [9.17, 15) is 9.59 Å². The predicted octanol–water partition coefficient (Wildman–Crippen LogP) is 2.44. The molecule has 3 unspecified atom stereocenters. The molecule has 1 aliphatic heterocycles. The third-order valence-corrected chi connectivity index (χ3v) is 4.83. The lowest BCUT2D eigenvalue weighted by molar-refractivity contribution is -0.153. The monoisotopic (exact) mass is 308 g/mol. The van der Waals surface area contributed by atoms with Crippen molar-refractivity contribution in [1.29, 1.82) is 0 Å². The van der Waals surface area contributed by atoms with Crippen LogP contribution in [-0.4, -0.2) is 34.8 Å². The van der Waals surface area contributed by atoms with Gasteiger partial charge in [-0.3, -0.25) is 9.59 Å². The van der Waals surface area contributed by atoms with Gasteiger partial charge < -0.3 is 10.2 Å². The van der Waals surface area contributed by atoms with Gasteiger partial charge in [0.1, 0.15) is 12.1 Å². The van der Waals surface area contributed by atoms with Crippen LogP contribution in [-0.2, 0) is 16.0 Å². The summed E-state index contributed by atoms with van der Waals surface area (Å²) in [4.78, 5) is 26.9. The summed E-state index contributed by atoms with van der Waals surface area (Å²) in [7, 11) is 0. The van der Waals surface area contributed by atoms with Gasteiger partial charge in [-0.15, -0.1) is 0 Å². The molecular formula is C16H24N2O2S. The molecule has 4 nitrogen and oxygen atoms in total. The molecule has 3 atom stereocenters. The summed E-state index contributed by atoms with van der Waals surface area (Å²) in [6.45, 7) is 7.93. The number of nitrogens with zero attached hydrogens (tertiary/aromatic N) is 1. The molecule has 1 aromatic rings. The lowest BCUT2D eigenvalue weighted by Crippen LogP contribution is -2.66. The van der Waals surface area contributed by atoms with E-state index in [1.165, 1.54) is 5.56 Å². The van der Waals surface area contributed by atoms with Crippen molar-refractivity contribution in [2.75, 3.05) is 0 Å². The Hall–Kier alpha value is -1.36. The number of amides is 2. The summed E-state index contributed by atoms with van der Waals surface area (Å²) in [5, 5.41) is 7.03. The van der Waals surface area contributed by atoms with Gasteiger partial charge in [0.25, 0.3) is 0 Å². The van der Waals surface area contributed by atoms with Gasteiger partial charge >= 0.3 is 0 Å². The Morgan fingerprint density at radius 2 is 2.05 bits per heavy atom. The Balaban J connectivity index is 2.22. The molecular weight excluding hydrogens is 284 g/mol. The van der Waals surface area contributed by atoms with Gasteiger partial charge in [-0.2, -0.15) is 11.3 Å². The molecule has 0 bridgehead atoms. The fourth-order valence-electron chi connectivity index (χ4n) is 2.96. The quantitative estimate of drug-likeness (QED) is 0.908. The Morgan fingerprint density at radius 1 is 1.33 bits per heavy atom. The second-order valence-electron chi connectivity index (χ2n) is 6.08. The van der Waals surface area contributed by atoms with E-state index in [1.54, 1.807) is 16.2 Å². The highest BCUT2D eigenvalue weighted by Gasteiger charge is 2.42. The van der Waals surface area contributed by atoms with Gasteiger partial charge in [-0.25, -0.2) is 0 Å². The summed E-state index contributed by atoms with van der Waals surface area (Å²) < 4.78 is 0. The molecule has 0 aromatic carbocycles. The van der Waals surface area contributed by atoms with Crippen LogP contribution < -0.4 is 5.32 Å². The van der Waals surface area contributed by atoms with Crippen LogP contribution in [0, 0.1) is 5.92 Å². The van der Waals surface area contributed by atoms with Crippen LogP contribution in [0.5, 0.6) is 0 Å². The van der Waals surface area contributed by atoms with Crippen LogP contribution in [0.2, 0.25) is 0 Å². The van der Waals surface area contributed by atoms with Crippen LogP contribution in [0.1, 0.15) is 39.7 Å². The first-order chi connectivity index (χ1) is 9.95. The van der Waals surface area contributed by atoms with Crippen molar-refractivity contribution in [3.8, 4) is 0 Å². The fraction of sp³-hybridized carbons (Fsp3) is 0.625. The third-order valence-electron chi connectivity index (χ3n) is 4.10. The fourth-order valence-corrected chi connectivity index (χ4v) is 3.64.